The molecule has 160 valence electrons. The lowest BCUT2D eigenvalue weighted by atomic mass is 9.83. The number of likely N-dealkylation sites (N-methyl/N-ethyl adjacent to an activating group) is 1. The molecule has 0 bridgehead atoms. The Bertz CT molecular complexity index is 1170. The number of nitro benzene ring substituents is 1. The molecule has 0 N–H and O–H groups in total. The van der Waals surface area contributed by atoms with Gasteiger partial charge in [-0.3, -0.25) is 15.1 Å². The molecule has 0 aromatic heterocycles. The smallest absolute Gasteiger partial charge is 0.269 e. The second-order valence-electron chi connectivity index (χ2n) is 8.34. The Hall–Kier alpha value is -3.77. The number of rotatable bonds is 4. The van der Waals surface area contributed by atoms with Crippen molar-refractivity contribution in [2.75, 3.05) is 25.1 Å². The molecule has 2 aliphatic rings. The van der Waals surface area contributed by atoms with E-state index < -0.39 is 0 Å². The zero-order valence-corrected chi connectivity index (χ0v) is 17.8. The molecule has 1 saturated heterocycles. The fraction of sp³-hybridized carbons (Fsp3) is 0.192. The van der Waals surface area contributed by atoms with Crippen LogP contribution in [0.4, 0.5) is 11.4 Å². The topological polar surface area (TPSA) is 62.0 Å². The summed E-state index contributed by atoms with van der Waals surface area (Å²) in [4.78, 5) is 13.1. The summed E-state index contributed by atoms with van der Waals surface area (Å²) in [6, 6.07) is 27.4. The quantitative estimate of drug-likeness (QED) is 0.429. The van der Waals surface area contributed by atoms with E-state index in [-0.39, 0.29) is 22.6 Å². The molecule has 32 heavy (non-hydrogen) atoms. The van der Waals surface area contributed by atoms with E-state index in [1.807, 2.05) is 29.3 Å². The highest BCUT2D eigenvalue weighted by molar-refractivity contribution is 6.08. The lowest BCUT2D eigenvalue weighted by molar-refractivity contribution is -0.384. The van der Waals surface area contributed by atoms with Crippen molar-refractivity contribution in [1.29, 1.82) is 0 Å². The van der Waals surface area contributed by atoms with Crippen LogP contribution in [0.5, 0.6) is 0 Å². The summed E-state index contributed by atoms with van der Waals surface area (Å²) in [5, 5.41) is 18.3. The Morgan fingerprint density at radius 3 is 2.28 bits per heavy atom. The molecule has 0 amide bonds. The Morgan fingerprint density at radius 1 is 0.969 bits per heavy atom. The molecular weight excluding hydrogens is 400 g/mol. The summed E-state index contributed by atoms with van der Waals surface area (Å²) < 4.78 is 0. The van der Waals surface area contributed by atoms with Crippen LogP contribution in [0.1, 0.15) is 17.2 Å². The van der Waals surface area contributed by atoms with E-state index in [9.17, 15) is 10.1 Å². The fourth-order valence-corrected chi connectivity index (χ4v) is 4.67. The van der Waals surface area contributed by atoms with Crippen LogP contribution in [-0.2, 0) is 0 Å². The first-order valence-electron chi connectivity index (χ1n) is 10.7. The lowest BCUT2D eigenvalue weighted by Gasteiger charge is -2.34. The first kappa shape index (κ1) is 20.2. The molecule has 0 aliphatic carbocycles. The minimum absolute atomic E-state index is 0.0228. The van der Waals surface area contributed by atoms with Crippen LogP contribution in [0.3, 0.4) is 0 Å². The molecule has 0 spiro atoms. The average Bonchev–Trinajstić information content (AvgIpc) is 3.20. The third-order valence-electron chi connectivity index (χ3n) is 6.10. The summed E-state index contributed by atoms with van der Waals surface area (Å²) in [5.74, 6) is 0.196. The minimum Gasteiger partial charge on any atom is -0.301 e. The van der Waals surface area contributed by atoms with Crippen molar-refractivity contribution in [2.45, 2.75) is 6.04 Å². The molecule has 2 heterocycles. The van der Waals surface area contributed by atoms with Gasteiger partial charge in [-0.05, 0) is 42.0 Å². The van der Waals surface area contributed by atoms with E-state index >= 15 is 0 Å². The van der Waals surface area contributed by atoms with Crippen LogP contribution < -0.4 is 5.01 Å². The summed E-state index contributed by atoms with van der Waals surface area (Å²) in [7, 11) is 2.15. The third-order valence-corrected chi connectivity index (χ3v) is 6.10. The second kappa shape index (κ2) is 8.40. The molecule has 6 nitrogen and oxygen atoms in total. The van der Waals surface area contributed by atoms with Crippen LogP contribution in [0, 0.1) is 16.0 Å². The van der Waals surface area contributed by atoms with Crippen molar-refractivity contribution in [3.8, 4) is 0 Å². The van der Waals surface area contributed by atoms with Gasteiger partial charge in [0.25, 0.3) is 5.69 Å². The van der Waals surface area contributed by atoms with Gasteiger partial charge in [-0.25, -0.2) is 0 Å². The largest absolute Gasteiger partial charge is 0.301 e. The van der Waals surface area contributed by atoms with Crippen molar-refractivity contribution in [3.63, 3.8) is 0 Å². The number of benzene rings is 3. The van der Waals surface area contributed by atoms with E-state index in [1.165, 1.54) is 11.1 Å². The molecule has 2 atom stereocenters. The lowest BCUT2D eigenvalue weighted by Crippen LogP contribution is -2.41. The number of fused-ring (bicyclic) bond motifs is 1. The number of anilines is 1. The molecule has 1 fully saturated rings. The van der Waals surface area contributed by atoms with Crippen LogP contribution >= 0.6 is 0 Å². The summed E-state index contributed by atoms with van der Waals surface area (Å²) >= 11 is 0. The van der Waals surface area contributed by atoms with E-state index in [0.717, 1.165) is 30.1 Å². The molecule has 5 rings (SSSR count). The zero-order chi connectivity index (χ0) is 22.1. The van der Waals surface area contributed by atoms with Crippen LogP contribution in [0.2, 0.25) is 0 Å². The summed E-state index contributed by atoms with van der Waals surface area (Å²) in [5.41, 5.74) is 5.58. The molecule has 3 aromatic carbocycles. The van der Waals surface area contributed by atoms with Gasteiger partial charge in [-0.15, -0.1) is 0 Å². The highest BCUT2D eigenvalue weighted by Gasteiger charge is 2.43. The monoisotopic (exact) mass is 424 g/mol. The number of hydrogen-bond donors (Lipinski definition) is 0. The normalized spacial score (nSPS) is 22.0. The molecule has 0 unspecified atom stereocenters. The highest BCUT2D eigenvalue weighted by atomic mass is 16.6. The number of hydrogen-bond acceptors (Lipinski definition) is 5. The number of hydrazone groups is 1. The first-order valence-corrected chi connectivity index (χ1v) is 10.7. The average molecular weight is 425 g/mol. The third kappa shape index (κ3) is 3.81. The van der Waals surface area contributed by atoms with Gasteiger partial charge in [0.2, 0.25) is 0 Å². The number of likely N-dealkylation sites (tertiary alicyclic amines) is 1. The molecular formula is C26H24N4O2. The Kier molecular flexibility index (Phi) is 5.29. The van der Waals surface area contributed by atoms with Gasteiger partial charge in [-0.1, -0.05) is 60.7 Å². The van der Waals surface area contributed by atoms with Crippen molar-refractivity contribution in [3.05, 3.63) is 112 Å². The van der Waals surface area contributed by atoms with E-state index in [2.05, 4.69) is 54.4 Å². The van der Waals surface area contributed by atoms with Gasteiger partial charge in [0.1, 0.15) is 0 Å². The number of piperidine rings is 1. The van der Waals surface area contributed by atoms with E-state index in [1.54, 1.807) is 24.3 Å². The number of non-ortho nitro benzene ring substituents is 1. The van der Waals surface area contributed by atoms with Gasteiger partial charge < -0.3 is 4.90 Å². The maximum Gasteiger partial charge on any atom is 0.269 e. The fourth-order valence-electron chi connectivity index (χ4n) is 4.67. The maximum absolute atomic E-state index is 11.1. The van der Waals surface area contributed by atoms with Crippen LogP contribution in [-0.4, -0.2) is 35.7 Å². The van der Waals surface area contributed by atoms with Crippen molar-refractivity contribution >= 4 is 23.2 Å². The van der Waals surface area contributed by atoms with E-state index in [4.69, 9.17) is 5.10 Å². The summed E-state index contributed by atoms with van der Waals surface area (Å²) in [6.07, 6.45) is 2.23. The van der Waals surface area contributed by atoms with Crippen LogP contribution in [0.25, 0.3) is 6.08 Å². The van der Waals surface area contributed by atoms with Gasteiger partial charge in [0.15, 0.2) is 0 Å². The molecule has 2 aliphatic heterocycles. The predicted octanol–water partition coefficient (Wildman–Crippen LogP) is 5.16. The first-order chi connectivity index (χ1) is 15.6. The molecule has 0 radical (unpaired) electrons. The molecule has 0 saturated carbocycles. The zero-order valence-electron chi connectivity index (χ0n) is 17.8. The minimum atomic E-state index is -0.371. The SMILES string of the molecule is CN1C/C(=C/c2ccccc2)C2=NN(c3ccc([N+](=O)[O-])cc3)[C@H](c3ccccc3)[C@H]2C1. The van der Waals surface area contributed by atoms with Gasteiger partial charge in [0.05, 0.1) is 22.4 Å². The second-order valence-corrected chi connectivity index (χ2v) is 8.34. The molecule has 3 aromatic rings. The van der Waals surface area contributed by atoms with Gasteiger partial charge in [-0.2, -0.15) is 5.10 Å². The predicted molar refractivity (Wildman–Crippen MR) is 128 cm³/mol. The maximum atomic E-state index is 11.1. The Labute approximate surface area is 187 Å². The van der Waals surface area contributed by atoms with Crippen molar-refractivity contribution in [1.82, 2.24) is 4.90 Å². The Morgan fingerprint density at radius 2 is 1.62 bits per heavy atom. The van der Waals surface area contributed by atoms with Crippen molar-refractivity contribution < 1.29 is 4.92 Å². The molecule has 6 heteroatoms. The van der Waals surface area contributed by atoms with E-state index in [0.29, 0.717) is 0 Å². The van der Waals surface area contributed by atoms with Crippen LogP contribution in [0.15, 0.2) is 95.6 Å². The number of nitro groups is 1. The standard InChI is InChI=1S/C26H24N4O2/c1-28-17-21(16-19-8-4-2-5-9-19)25-24(18-28)26(20-10-6-3-7-11-20)29(27-25)22-12-14-23(15-13-22)30(31)32/h2-16,24,26H,17-18H2,1H3/b21-16-/t24-,26+/m0/s1. The van der Waals surface area contributed by atoms with Gasteiger partial charge in [0, 0.05) is 31.1 Å². The van der Waals surface area contributed by atoms with Gasteiger partial charge >= 0.3 is 0 Å². The highest BCUT2D eigenvalue weighted by Crippen LogP contribution is 2.43. The Balaban J connectivity index is 1.60. The summed E-state index contributed by atoms with van der Waals surface area (Å²) in [6.45, 7) is 1.73. The number of nitrogens with zero attached hydrogens (tertiary/aromatic N) is 4. The van der Waals surface area contributed by atoms with Crippen molar-refractivity contribution in [2.24, 2.45) is 11.0 Å².